The Labute approximate surface area is 213 Å². The van der Waals surface area contributed by atoms with Crippen molar-refractivity contribution >= 4 is 26.0 Å². The van der Waals surface area contributed by atoms with E-state index in [1.54, 1.807) is 11.8 Å². The maximum atomic E-state index is 12.1. The van der Waals surface area contributed by atoms with E-state index in [0.29, 0.717) is 6.61 Å². The Morgan fingerprint density at radius 2 is 1.63 bits per heavy atom. The second kappa shape index (κ2) is 10.7. The lowest BCUT2D eigenvalue weighted by atomic mass is 9.99. The summed E-state index contributed by atoms with van der Waals surface area (Å²) in [5.74, 6) is -0.391. The molecule has 0 spiro atoms. The lowest BCUT2D eigenvalue weighted by molar-refractivity contribution is -0.328. The molecular formula is C27H36O6SSi. The Morgan fingerprint density at radius 1 is 1.00 bits per heavy atom. The average molecular weight is 517 g/mol. The van der Waals surface area contributed by atoms with Crippen molar-refractivity contribution in [3.8, 4) is 0 Å². The van der Waals surface area contributed by atoms with Gasteiger partial charge in [0.1, 0.15) is 12.2 Å². The Hall–Kier alpha value is -1.68. The van der Waals surface area contributed by atoms with Gasteiger partial charge in [-0.1, -0.05) is 69.3 Å². The molecule has 2 heterocycles. The number of fused-ring (bicyclic) bond motifs is 1. The Morgan fingerprint density at radius 3 is 2.23 bits per heavy atom. The van der Waals surface area contributed by atoms with Crippen molar-refractivity contribution in [3.63, 3.8) is 0 Å². The van der Waals surface area contributed by atoms with E-state index in [1.807, 2.05) is 60.7 Å². The summed E-state index contributed by atoms with van der Waals surface area (Å²) in [7, 11) is -2.23. The Kier molecular flexibility index (Phi) is 8.10. The molecule has 0 bridgehead atoms. The van der Waals surface area contributed by atoms with Gasteiger partial charge in [0.15, 0.2) is 14.6 Å². The summed E-state index contributed by atoms with van der Waals surface area (Å²) in [5.41, 5.74) is 0.950. The number of rotatable bonds is 6. The predicted molar refractivity (Wildman–Crippen MR) is 139 cm³/mol. The van der Waals surface area contributed by atoms with E-state index in [4.69, 9.17) is 23.4 Å². The van der Waals surface area contributed by atoms with Crippen molar-refractivity contribution in [1.29, 1.82) is 0 Å². The maximum absolute atomic E-state index is 12.1. The highest BCUT2D eigenvalue weighted by molar-refractivity contribution is 8.00. The quantitative estimate of drug-likeness (QED) is 0.348. The summed E-state index contributed by atoms with van der Waals surface area (Å²) in [6.45, 7) is 12.8. The molecule has 0 amide bonds. The van der Waals surface area contributed by atoms with Crippen molar-refractivity contribution in [2.24, 2.45) is 0 Å². The minimum absolute atomic E-state index is 0.0102. The second-order valence-corrected chi connectivity index (χ2v) is 16.6. The third kappa shape index (κ3) is 6.18. The molecule has 0 N–H and O–H groups in total. The van der Waals surface area contributed by atoms with Crippen LogP contribution in [-0.2, 0) is 28.2 Å². The molecular weight excluding hydrogens is 480 g/mol. The summed E-state index contributed by atoms with van der Waals surface area (Å²) < 4.78 is 31.7. The van der Waals surface area contributed by atoms with Crippen molar-refractivity contribution in [2.45, 2.75) is 86.9 Å². The molecule has 0 aromatic heterocycles. The van der Waals surface area contributed by atoms with E-state index in [-0.39, 0.29) is 22.5 Å². The molecule has 1 unspecified atom stereocenters. The maximum Gasteiger partial charge on any atom is 0.304 e. The van der Waals surface area contributed by atoms with Crippen molar-refractivity contribution in [3.05, 3.63) is 66.2 Å². The number of hydrogen-bond acceptors (Lipinski definition) is 7. The molecule has 35 heavy (non-hydrogen) atoms. The first kappa shape index (κ1) is 26.4. The number of hydrogen-bond donors (Lipinski definition) is 0. The lowest BCUT2D eigenvalue weighted by Gasteiger charge is -2.51. The molecule has 6 nitrogen and oxygen atoms in total. The number of carbonyl (C=O) groups excluding carboxylic acids is 1. The fraction of sp³-hybridized carbons (Fsp3) is 0.519. The summed E-state index contributed by atoms with van der Waals surface area (Å²) in [4.78, 5) is 13.1. The van der Waals surface area contributed by atoms with Gasteiger partial charge in [-0.15, -0.1) is 11.8 Å². The SMILES string of the molecule is CC(=O)O[C@H]1O[C@@H]2COC(c3ccccc3)O[C@H]2[C@H](O[Si](C)(C)C(C)(C)C)[C@@H]1Sc1ccccc1. The van der Waals surface area contributed by atoms with Crippen molar-refractivity contribution in [1.82, 2.24) is 0 Å². The minimum Gasteiger partial charge on any atom is -0.435 e. The van der Waals surface area contributed by atoms with Crippen LogP contribution >= 0.6 is 11.8 Å². The van der Waals surface area contributed by atoms with Gasteiger partial charge in [0, 0.05) is 17.4 Å². The van der Waals surface area contributed by atoms with Gasteiger partial charge in [-0.3, -0.25) is 4.79 Å². The molecule has 4 rings (SSSR count). The Bertz CT molecular complexity index is 980. The van der Waals surface area contributed by atoms with Crippen molar-refractivity contribution in [2.75, 3.05) is 6.61 Å². The number of thioether (sulfide) groups is 1. The van der Waals surface area contributed by atoms with Crippen LogP contribution in [0.15, 0.2) is 65.6 Å². The third-order valence-electron chi connectivity index (χ3n) is 6.89. The van der Waals surface area contributed by atoms with Gasteiger partial charge < -0.3 is 23.4 Å². The van der Waals surface area contributed by atoms with Gasteiger partial charge in [0.05, 0.1) is 18.0 Å². The summed E-state index contributed by atoms with van der Waals surface area (Å²) >= 11 is 1.60. The van der Waals surface area contributed by atoms with Crippen LogP contribution in [0.1, 0.15) is 39.5 Å². The van der Waals surface area contributed by atoms with E-state index in [9.17, 15) is 4.79 Å². The monoisotopic (exact) mass is 516 g/mol. The predicted octanol–water partition coefficient (Wildman–Crippen LogP) is 5.94. The first-order valence-electron chi connectivity index (χ1n) is 12.1. The molecule has 2 fully saturated rings. The van der Waals surface area contributed by atoms with E-state index in [0.717, 1.165) is 10.5 Å². The fourth-order valence-electron chi connectivity index (χ4n) is 4.02. The van der Waals surface area contributed by atoms with Gasteiger partial charge in [-0.2, -0.15) is 0 Å². The standard InChI is InChI=1S/C27H36O6SSi/c1-18(28)30-26-24(34-20-15-11-8-12-16-20)23(33-35(5,6)27(2,3)4)22-21(31-26)17-29-25(32-22)19-13-9-7-10-14-19/h7-16,21-26H,17H2,1-6H3/t21-,22-,23+,24+,25?,26+/m1/s1. The molecule has 2 saturated heterocycles. The summed E-state index contributed by atoms with van der Waals surface area (Å²) in [5, 5.41) is -0.324. The average Bonchev–Trinajstić information content (AvgIpc) is 2.81. The van der Waals surface area contributed by atoms with Crippen LogP contribution in [0.3, 0.4) is 0 Å². The number of benzene rings is 2. The molecule has 2 aromatic carbocycles. The van der Waals surface area contributed by atoms with Crippen LogP contribution in [-0.4, -0.2) is 50.7 Å². The van der Waals surface area contributed by atoms with E-state index < -0.39 is 33.0 Å². The van der Waals surface area contributed by atoms with Gasteiger partial charge in [0.25, 0.3) is 0 Å². The van der Waals surface area contributed by atoms with E-state index in [1.165, 1.54) is 6.92 Å². The van der Waals surface area contributed by atoms with Crippen LogP contribution < -0.4 is 0 Å². The van der Waals surface area contributed by atoms with Crippen LogP contribution in [0.25, 0.3) is 0 Å². The molecule has 2 aliphatic heterocycles. The first-order chi connectivity index (χ1) is 16.5. The first-order valence-corrected chi connectivity index (χ1v) is 15.9. The molecule has 6 atom stereocenters. The molecule has 8 heteroatoms. The normalized spacial score (nSPS) is 29.3. The Balaban J connectivity index is 1.71. The zero-order valence-corrected chi connectivity index (χ0v) is 23.1. The highest BCUT2D eigenvalue weighted by atomic mass is 32.2. The molecule has 190 valence electrons. The molecule has 2 aromatic rings. The second-order valence-electron chi connectivity index (χ2n) is 10.6. The molecule has 0 radical (unpaired) electrons. The summed E-state index contributed by atoms with van der Waals surface area (Å²) in [6, 6.07) is 20.0. The fourth-order valence-corrected chi connectivity index (χ4v) is 6.63. The van der Waals surface area contributed by atoms with Crippen LogP contribution in [0, 0.1) is 0 Å². The topological polar surface area (TPSA) is 63.2 Å². The van der Waals surface area contributed by atoms with Crippen LogP contribution in [0.2, 0.25) is 18.1 Å². The number of esters is 1. The zero-order valence-electron chi connectivity index (χ0n) is 21.3. The van der Waals surface area contributed by atoms with E-state index >= 15 is 0 Å². The summed E-state index contributed by atoms with van der Waals surface area (Å²) in [6.07, 6.45) is -2.45. The van der Waals surface area contributed by atoms with Crippen LogP contribution in [0.5, 0.6) is 0 Å². The third-order valence-corrected chi connectivity index (χ3v) is 12.7. The van der Waals surface area contributed by atoms with Gasteiger partial charge in [0.2, 0.25) is 6.29 Å². The molecule has 0 saturated carbocycles. The lowest BCUT2D eigenvalue weighted by Crippen LogP contribution is -2.64. The van der Waals surface area contributed by atoms with Crippen LogP contribution in [0.4, 0.5) is 0 Å². The number of carbonyl (C=O) groups is 1. The van der Waals surface area contributed by atoms with Crippen molar-refractivity contribution < 1.29 is 28.2 Å². The largest absolute Gasteiger partial charge is 0.435 e. The number of ether oxygens (including phenoxy) is 4. The van der Waals surface area contributed by atoms with E-state index in [2.05, 4.69) is 33.9 Å². The van der Waals surface area contributed by atoms with Gasteiger partial charge in [-0.05, 0) is 30.3 Å². The smallest absolute Gasteiger partial charge is 0.304 e. The minimum atomic E-state index is -2.23. The molecule has 0 aliphatic carbocycles. The highest BCUT2D eigenvalue weighted by Gasteiger charge is 2.54. The van der Waals surface area contributed by atoms with Gasteiger partial charge >= 0.3 is 5.97 Å². The highest BCUT2D eigenvalue weighted by Crippen LogP contribution is 2.45. The zero-order chi connectivity index (χ0) is 25.2. The van der Waals surface area contributed by atoms with Gasteiger partial charge in [-0.25, -0.2) is 0 Å². The molecule has 2 aliphatic rings.